The molecule has 0 unspecified atom stereocenters. The molecule has 0 N–H and O–H groups in total. The number of aromatic nitrogens is 4. The molecule has 0 aromatic carbocycles. The quantitative estimate of drug-likeness (QED) is 0.688. The summed E-state index contributed by atoms with van der Waals surface area (Å²) in [6.45, 7) is 2.57. The Labute approximate surface area is 140 Å². The number of carbonyl (C=O) groups excluding carboxylic acids is 1. The van der Waals surface area contributed by atoms with Crippen LogP contribution in [0.1, 0.15) is 40.7 Å². The van der Waals surface area contributed by atoms with Crippen molar-refractivity contribution in [3.05, 3.63) is 46.1 Å². The predicted molar refractivity (Wildman–Crippen MR) is 84.9 cm³/mol. The Bertz CT molecular complexity index is 887. The number of hydrogen-bond acceptors (Lipinski definition) is 5. The molecule has 1 atom stereocenters. The third-order valence-corrected chi connectivity index (χ3v) is 4.45. The van der Waals surface area contributed by atoms with Crippen molar-refractivity contribution in [3.8, 4) is 0 Å². The van der Waals surface area contributed by atoms with E-state index in [4.69, 9.17) is 4.52 Å². The lowest BCUT2D eigenvalue weighted by molar-refractivity contribution is 0.0716. The van der Waals surface area contributed by atoms with Crippen LogP contribution in [0.4, 0.5) is 0 Å². The molecule has 1 aliphatic rings. The zero-order valence-electron chi connectivity index (χ0n) is 12.4. The van der Waals surface area contributed by atoms with Gasteiger partial charge in [-0.25, -0.2) is 9.50 Å². The average molecular weight is 376 g/mol. The largest absolute Gasteiger partial charge is 0.359 e. The summed E-state index contributed by atoms with van der Waals surface area (Å²) >= 11 is 3.35. The second-order valence-electron chi connectivity index (χ2n) is 5.63. The van der Waals surface area contributed by atoms with Crippen LogP contribution in [0.5, 0.6) is 0 Å². The molecule has 0 aliphatic carbocycles. The van der Waals surface area contributed by atoms with Gasteiger partial charge in [0.1, 0.15) is 5.56 Å². The molecular formula is C15H14BrN5O2. The van der Waals surface area contributed by atoms with Crippen molar-refractivity contribution in [1.29, 1.82) is 0 Å². The van der Waals surface area contributed by atoms with E-state index in [2.05, 4.69) is 31.2 Å². The molecule has 118 valence electrons. The minimum atomic E-state index is -0.0774. The third-order valence-electron chi connectivity index (χ3n) is 4.04. The van der Waals surface area contributed by atoms with Crippen molar-refractivity contribution in [2.24, 2.45) is 0 Å². The minimum Gasteiger partial charge on any atom is -0.359 e. The summed E-state index contributed by atoms with van der Waals surface area (Å²) in [6.07, 6.45) is 6.82. The Morgan fingerprint density at radius 1 is 1.43 bits per heavy atom. The van der Waals surface area contributed by atoms with Gasteiger partial charge >= 0.3 is 0 Å². The Kier molecular flexibility index (Phi) is 3.41. The van der Waals surface area contributed by atoms with Crippen molar-refractivity contribution < 1.29 is 9.32 Å². The van der Waals surface area contributed by atoms with Gasteiger partial charge in [0.15, 0.2) is 11.4 Å². The highest BCUT2D eigenvalue weighted by Gasteiger charge is 2.34. The van der Waals surface area contributed by atoms with E-state index in [1.807, 2.05) is 17.9 Å². The number of nitrogens with zero attached hydrogens (tertiary/aromatic N) is 5. The monoisotopic (exact) mass is 375 g/mol. The molecule has 0 saturated carbocycles. The van der Waals surface area contributed by atoms with Gasteiger partial charge < -0.3 is 9.42 Å². The zero-order chi connectivity index (χ0) is 16.0. The highest BCUT2D eigenvalue weighted by Crippen LogP contribution is 2.33. The summed E-state index contributed by atoms with van der Waals surface area (Å²) in [5.74, 6) is 0.659. The van der Waals surface area contributed by atoms with Gasteiger partial charge in [-0.15, -0.1) is 0 Å². The number of likely N-dealkylation sites (tertiary alicyclic amines) is 1. The highest BCUT2D eigenvalue weighted by molar-refractivity contribution is 9.10. The van der Waals surface area contributed by atoms with Crippen LogP contribution in [0, 0.1) is 6.92 Å². The van der Waals surface area contributed by atoms with E-state index in [1.54, 1.807) is 23.1 Å². The summed E-state index contributed by atoms with van der Waals surface area (Å²) in [7, 11) is 0. The van der Waals surface area contributed by atoms with Crippen molar-refractivity contribution in [3.63, 3.8) is 0 Å². The molecule has 8 heteroatoms. The molecule has 0 bridgehead atoms. The van der Waals surface area contributed by atoms with Crippen LogP contribution in [0.3, 0.4) is 0 Å². The Morgan fingerprint density at radius 3 is 3.09 bits per heavy atom. The number of aryl methyl sites for hydroxylation is 1. The zero-order valence-corrected chi connectivity index (χ0v) is 14.0. The molecule has 1 amide bonds. The number of hydrogen-bond donors (Lipinski definition) is 0. The molecule has 4 heterocycles. The first-order valence-electron chi connectivity index (χ1n) is 7.36. The Hall–Kier alpha value is -2.22. The molecule has 23 heavy (non-hydrogen) atoms. The number of carbonyl (C=O) groups is 1. The van der Waals surface area contributed by atoms with Crippen molar-refractivity contribution in [2.75, 3.05) is 6.54 Å². The first-order chi connectivity index (χ1) is 11.1. The fraction of sp³-hybridized carbons (Fsp3) is 0.333. The average Bonchev–Trinajstić information content (AvgIpc) is 3.23. The van der Waals surface area contributed by atoms with E-state index < -0.39 is 0 Å². The second kappa shape index (κ2) is 5.45. The van der Waals surface area contributed by atoms with E-state index >= 15 is 0 Å². The molecular weight excluding hydrogens is 362 g/mol. The first kappa shape index (κ1) is 14.4. The Balaban J connectivity index is 1.69. The van der Waals surface area contributed by atoms with E-state index in [1.165, 1.54) is 0 Å². The van der Waals surface area contributed by atoms with E-state index in [9.17, 15) is 4.79 Å². The maximum atomic E-state index is 13.0. The number of amides is 1. The van der Waals surface area contributed by atoms with Gasteiger partial charge in [-0.05, 0) is 35.7 Å². The van der Waals surface area contributed by atoms with Crippen molar-refractivity contribution in [1.82, 2.24) is 24.7 Å². The minimum absolute atomic E-state index is 0.0749. The van der Waals surface area contributed by atoms with Gasteiger partial charge in [-0.2, -0.15) is 5.10 Å². The summed E-state index contributed by atoms with van der Waals surface area (Å²) in [5, 5.41) is 8.15. The SMILES string of the molecule is Cc1cc([C@@H]2CCCN2C(=O)c2cnn3cc(Br)cnc23)on1. The van der Waals surface area contributed by atoms with Crippen LogP contribution in [-0.4, -0.2) is 37.1 Å². The fourth-order valence-corrected chi connectivity index (χ4v) is 3.30. The van der Waals surface area contributed by atoms with Crippen LogP contribution in [0.25, 0.3) is 5.65 Å². The maximum Gasteiger partial charge on any atom is 0.259 e. The summed E-state index contributed by atoms with van der Waals surface area (Å²) in [5.41, 5.74) is 1.88. The van der Waals surface area contributed by atoms with E-state index in [0.717, 1.165) is 28.8 Å². The highest BCUT2D eigenvalue weighted by atomic mass is 79.9. The molecule has 3 aromatic rings. The lowest BCUT2D eigenvalue weighted by Crippen LogP contribution is -2.30. The van der Waals surface area contributed by atoms with Crippen LogP contribution >= 0.6 is 15.9 Å². The number of fused-ring (bicyclic) bond motifs is 1. The molecule has 7 nitrogen and oxygen atoms in total. The molecule has 3 aromatic heterocycles. The van der Waals surface area contributed by atoms with Crippen LogP contribution in [0.15, 0.2) is 33.7 Å². The third kappa shape index (κ3) is 2.42. The van der Waals surface area contributed by atoms with Crippen LogP contribution in [-0.2, 0) is 0 Å². The maximum absolute atomic E-state index is 13.0. The molecule has 0 radical (unpaired) electrons. The van der Waals surface area contributed by atoms with Gasteiger partial charge in [0, 0.05) is 25.0 Å². The Morgan fingerprint density at radius 2 is 2.30 bits per heavy atom. The van der Waals surface area contributed by atoms with Gasteiger partial charge in [-0.3, -0.25) is 4.79 Å². The van der Waals surface area contributed by atoms with Crippen molar-refractivity contribution >= 4 is 27.5 Å². The van der Waals surface area contributed by atoms with E-state index in [-0.39, 0.29) is 11.9 Å². The fourth-order valence-electron chi connectivity index (χ4n) is 3.00. The van der Waals surface area contributed by atoms with Gasteiger partial charge in [0.2, 0.25) is 0 Å². The summed E-state index contributed by atoms with van der Waals surface area (Å²) in [6, 6.07) is 1.82. The van der Waals surface area contributed by atoms with Crippen LogP contribution in [0.2, 0.25) is 0 Å². The molecule has 0 spiro atoms. The standard InChI is InChI=1S/C15H14BrN5O2/c1-9-5-13(23-19-9)12-3-2-4-20(12)15(22)11-7-18-21-8-10(16)6-17-14(11)21/h5-8,12H,2-4H2,1H3/t12-/m0/s1. The van der Waals surface area contributed by atoms with Gasteiger partial charge in [0.05, 0.1) is 22.4 Å². The number of rotatable bonds is 2. The summed E-state index contributed by atoms with van der Waals surface area (Å²) in [4.78, 5) is 19.1. The van der Waals surface area contributed by atoms with Gasteiger partial charge in [-0.1, -0.05) is 5.16 Å². The van der Waals surface area contributed by atoms with Crippen molar-refractivity contribution in [2.45, 2.75) is 25.8 Å². The second-order valence-corrected chi connectivity index (χ2v) is 6.54. The molecule has 1 fully saturated rings. The number of halogens is 1. The molecule has 1 saturated heterocycles. The van der Waals surface area contributed by atoms with Crippen LogP contribution < -0.4 is 0 Å². The smallest absolute Gasteiger partial charge is 0.259 e. The normalized spacial score (nSPS) is 18.0. The molecule has 1 aliphatic heterocycles. The first-order valence-corrected chi connectivity index (χ1v) is 8.16. The molecule has 4 rings (SSSR count). The van der Waals surface area contributed by atoms with Gasteiger partial charge in [0.25, 0.3) is 5.91 Å². The lowest BCUT2D eigenvalue weighted by atomic mass is 10.1. The predicted octanol–water partition coefficient (Wildman–Crippen LogP) is 2.77. The lowest BCUT2D eigenvalue weighted by Gasteiger charge is -2.22. The van der Waals surface area contributed by atoms with E-state index in [0.29, 0.717) is 17.8 Å². The topological polar surface area (TPSA) is 76.5 Å². The summed E-state index contributed by atoms with van der Waals surface area (Å²) < 4.78 is 7.77.